The van der Waals surface area contributed by atoms with Gasteiger partial charge in [-0.05, 0) is 38.1 Å². The lowest BCUT2D eigenvalue weighted by atomic mass is 9.69. The average molecular weight is 167 g/mol. The Kier molecular flexibility index (Phi) is 2.40. The van der Waals surface area contributed by atoms with Gasteiger partial charge >= 0.3 is 0 Å². The highest BCUT2D eigenvalue weighted by atomic mass is 15.0. The molecule has 1 heteroatoms. The summed E-state index contributed by atoms with van der Waals surface area (Å²) in [6, 6.07) is 0. The van der Waals surface area contributed by atoms with E-state index in [9.17, 15) is 0 Å². The second-order valence-electron chi connectivity index (χ2n) is 4.69. The van der Waals surface area contributed by atoms with Crippen molar-refractivity contribution in [2.24, 2.45) is 5.92 Å². The largest absolute Gasteiger partial charge is 0.311 e. The van der Waals surface area contributed by atoms with Crippen LogP contribution in [0.4, 0.5) is 0 Å². The maximum absolute atomic E-state index is 3.78. The molecule has 1 spiro atoms. The van der Waals surface area contributed by atoms with Gasteiger partial charge in [-0.25, -0.2) is 0 Å². The number of hydrogen-bond donors (Lipinski definition) is 1. The van der Waals surface area contributed by atoms with Crippen LogP contribution in [-0.4, -0.2) is 12.1 Å². The van der Waals surface area contributed by atoms with Crippen LogP contribution in [0.15, 0.2) is 0 Å². The molecule has 1 N–H and O–H groups in total. The maximum Gasteiger partial charge on any atom is 0.0207 e. The molecule has 0 aromatic carbocycles. The zero-order valence-corrected chi connectivity index (χ0v) is 8.23. The summed E-state index contributed by atoms with van der Waals surface area (Å²) in [6.45, 7) is 3.71. The van der Waals surface area contributed by atoms with Crippen LogP contribution in [0.2, 0.25) is 0 Å². The van der Waals surface area contributed by atoms with E-state index >= 15 is 0 Å². The van der Waals surface area contributed by atoms with Gasteiger partial charge in [0, 0.05) is 5.54 Å². The Labute approximate surface area is 75.9 Å². The first-order chi connectivity index (χ1) is 5.83. The van der Waals surface area contributed by atoms with E-state index in [4.69, 9.17) is 0 Å². The molecule has 12 heavy (non-hydrogen) atoms. The predicted molar refractivity (Wildman–Crippen MR) is 52.2 cm³/mol. The van der Waals surface area contributed by atoms with Crippen LogP contribution >= 0.6 is 0 Å². The summed E-state index contributed by atoms with van der Waals surface area (Å²) in [5.74, 6) is 0.923. The maximum atomic E-state index is 3.78. The van der Waals surface area contributed by atoms with E-state index in [0.29, 0.717) is 5.54 Å². The molecule has 1 nitrogen and oxygen atoms in total. The van der Waals surface area contributed by atoms with Crippen molar-refractivity contribution in [1.29, 1.82) is 0 Å². The molecule has 0 unspecified atom stereocenters. The minimum Gasteiger partial charge on any atom is -0.311 e. The number of piperidine rings is 1. The van der Waals surface area contributed by atoms with Gasteiger partial charge in [-0.15, -0.1) is 0 Å². The van der Waals surface area contributed by atoms with Gasteiger partial charge in [0.1, 0.15) is 0 Å². The van der Waals surface area contributed by atoms with Crippen LogP contribution in [-0.2, 0) is 0 Å². The minimum absolute atomic E-state index is 0.566. The average Bonchev–Trinajstić information content (AvgIpc) is 2.12. The van der Waals surface area contributed by atoms with Gasteiger partial charge < -0.3 is 5.32 Å². The quantitative estimate of drug-likeness (QED) is 0.585. The van der Waals surface area contributed by atoms with Crippen molar-refractivity contribution in [3.05, 3.63) is 0 Å². The molecule has 0 radical (unpaired) electrons. The third-order valence-electron chi connectivity index (χ3n) is 3.98. The van der Waals surface area contributed by atoms with Gasteiger partial charge in [0.25, 0.3) is 0 Å². The van der Waals surface area contributed by atoms with Crippen molar-refractivity contribution in [1.82, 2.24) is 5.32 Å². The zero-order chi connectivity index (χ0) is 8.44. The molecule has 2 fully saturated rings. The lowest BCUT2D eigenvalue weighted by molar-refractivity contribution is 0.119. The minimum atomic E-state index is 0.566. The Hall–Kier alpha value is -0.0400. The van der Waals surface area contributed by atoms with Gasteiger partial charge in [0.15, 0.2) is 0 Å². The fourth-order valence-electron chi connectivity index (χ4n) is 3.04. The van der Waals surface area contributed by atoms with Crippen LogP contribution in [0, 0.1) is 5.92 Å². The Morgan fingerprint density at radius 3 is 2.42 bits per heavy atom. The van der Waals surface area contributed by atoms with Crippen molar-refractivity contribution in [3.63, 3.8) is 0 Å². The van der Waals surface area contributed by atoms with E-state index in [1.165, 1.54) is 51.5 Å². The van der Waals surface area contributed by atoms with Crippen molar-refractivity contribution >= 4 is 0 Å². The summed E-state index contributed by atoms with van der Waals surface area (Å²) in [4.78, 5) is 0. The highest BCUT2D eigenvalue weighted by Crippen LogP contribution is 2.38. The highest BCUT2D eigenvalue weighted by molar-refractivity contribution is 4.97. The molecule has 0 bridgehead atoms. The number of nitrogens with one attached hydrogen (secondary N) is 1. The molecule has 1 saturated carbocycles. The molecule has 1 aliphatic heterocycles. The van der Waals surface area contributed by atoms with Gasteiger partial charge in [-0.2, -0.15) is 0 Å². The van der Waals surface area contributed by atoms with E-state index in [2.05, 4.69) is 12.2 Å². The molecular weight excluding hydrogens is 146 g/mol. The molecule has 0 aromatic heterocycles. The molecule has 1 aliphatic carbocycles. The third-order valence-corrected chi connectivity index (χ3v) is 3.98. The summed E-state index contributed by atoms with van der Waals surface area (Å²) in [5.41, 5.74) is 0.566. The van der Waals surface area contributed by atoms with E-state index < -0.39 is 0 Å². The zero-order valence-electron chi connectivity index (χ0n) is 8.23. The second-order valence-corrected chi connectivity index (χ2v) is 4.69. The van der Waals surface area contributed by atoms with E-state index in [-0.39, 0.29) is 0 Å². The first-order valence-electron chi connectivity index (χ1n) is 5.58. The monoisotopic (exact) mass is 167 g/mol. The van der Waals surface area contributed by atoms with E-state index in [1.807, 2.05) is 0 Å². The Morgan fingerprint density at radius 2 is 1.83 bits per heavy atom. The molecule has 2 rings (SSSR count). The first kappa shape index (κ1) is 8.55. The van der Waals surface area contributed by atoms with Gasteiger partial charge in [0.05, 0.1) is 0 Å². The van der Waals surface area contributed by atoms with Gasteiger partial charge in [-0.1, -0.05) is 26.2 Å². The van der Waals surface area contributed by atoms with Crippen molar-refractivity contribution in [2.75, 3.05) is 6.54 Å². The molecule has 0 amide bonds. The molecular formula is C11H21N. The fraction of sp³-hybridized carbons (Fsp3) is 1.00. The van der Waals surface area contributed by atoms with Crippen LogP contribution in [0.3, 0.4) is 0 Å². The van der Waals surface area contributed by atoms with Crippen LogP contribution < -0.4 is 5.32 Å². The summed E-state index contributed by atoms with van der Waals surface area (Å²) in [7, 11) is 0. The van der Waals surface area contributed by atoms with Crippen molar-refractivity contribution in [2.45, 2.75) is 57.4 Å². The van der Waals surface area contributed by atoms with E-state index in [1.54, 1.807) is 0 Å². The van der Waals surface area contributed by atoms with Gasteiger partial charge in [-0.3, -0.25) is 0 Å². The summed E-state index contributed by atoms with van der Waals surface area (Å²) >= 11 is 0. The molecule has 70 valence electrons. The highest BCUT2D eigenvalue weighted by Gasteiger charge is 2.38. The first-order valence-corrected chi connectivity index (χ1v) is 5.58. The van der Waals surface area contributed by atoms with Crippen molar-refractivity contribution in [3.8, 4) is 0 Å². The van der Waals surface area contributed by atoms with Crippen LogP contribution in [0.25, 0.3) is 0 Å². The molecule has 1 saturated heterocycles. The standard InChI is InChI=1S/C11H21N/c1-10-6-2-3-7-11(10)8-4-5-9-12-11/h10,12H,2-9H2,1H3/t10-,11-/m1/s1. The predicted octanol–water partition coefficient (Wildman–Crippen LogP) is 2.71. The Morgan fingerprint density at radius 1 is 1.08 bits per heavy atom. The normalized spacial score (nSPS) is 43.2. The van der Waals surface area contributed by atoms with E-state index in [0.717, 1.165) is 5.92 Å². The summed E-state index contributed by atoms with van der Waals surface area (Å²) in [5, 5.41) is 3.78. The Balaban J connectivity index is 2.04. The molecule has 2 aliphatic rings. The number of rotatable bonds is 0. The van der Waals surface area contributed by atoms with Crippen LogP contribution in [0.5, 0.6) is 0 Å². The smallest absolute Gasteiger partial charge is 0.0207 e. The lowest BCUT2D eigenvalue weighted by Crippen LogP contribution is -2.54. The lowest BCUT2D eigenvalue weighted by Gasteiger charge is -2.46. The van der Waals surface area contributed by atoms with Crippen molar-refractivity contribution < 1.29 is 0 Å². The SMILES string of the molecule is C[C@@H]1CCCC[C@@]12CCCCN2. The molecule has 1 heterocycles. The molecule has 2 atom stereocenters. The summed E-state index contributed by atoms with van der Waals surface area (Å²) < 4.78 is 0. The topological polar surface area (TPSA) is 12.0 Å². The summed E-state index contributed by atoms with van der Waals surface area (Å²) in [6.07, 6.45) is 10.1. The fourth-order valence-corrected chi connectivity index (χ4v) is 3.04. The van der Waals surface area contributed by atoms with Gasteiger partial charge in [0.2, 0.25) is 0 Å². The number of hydrogen-bond acceptors (Lipinski definition) is 1. The molecule has 0 aromatic rings. The van der Waals surface area contributed by atoms with Crippen LogP contribution in [0.1, 0.15) is 51.9 Å². The third kappa shape index (κ3) is 1.39. The second kappa shape index (κ2) is 3.37. The Bertz CT molecular complexity index is 139.